The van der Waals surface area contributed by atoms with E-state index in [1.165, 1.54) is 18.6 Å². The largest absolute Gasteiger partial charge is 0.364 e. The molecule has 224 valence electrons. The summed E-state index contributed by atoms with van der Waals surface area (Å²) < 4.78 is 0. The summed E-state index contributed by atoms with van der Waals surface area (Å²) in [5.41, 5.74) is 5.52. The van der Waals surface area contributed by atoms with Gasteiger partial charge in [0, 0.05) is 18.6 Å². The van der Waals surface area contributed by atoms with E-state index in [0.29, 0.717) is 0 Å². The number of amides is 1. The Kier molecular flexibility index (Phi) is 11.1. The first-order valence-corrected chi connectivity index (χ1v) is 13.8. The topological polar surface area (TPSA) is 126 Å². The van der Waals surface area contributed by atoms with Gasteiger partial charge in [-0.1, -0.05) is 60.7 Å². The lowest BCUT2D eigenvalue weighted by Crippen LogP contribution is -2.51. The highest BCUT2D eigenvalue weighted by Crippen LogP contribution is 2.17. The van der Waals surface area contributed by atoms with Crippen LogP contribution in [0.5, 0.6) is 0 Å². The predicted octanol–water partition coefficient (Wildman–Crippen LogP) is 3.30. The second-order valence-corrected chi connectivity index (χ2v) is 11.9. The molecule has 1 amide bonds. The summed E-state index contributed by atoms with van der Waals surface area (Å²) in [5.74, 6) is -3.62. The molecule has 42 heavy (non-hydrogen) atoms. The van der Waals surface area contributed by atoms with Gasteiger partial charge in [-0.15, -0.1) is 0 Å². The van der Waals surface area contributed by atoms with Gasteiger partial charge in [0.15, 0.2) is 0 Å². The number of allylic oxidation sites excluding steroid dienone is 1. The van der Waals surface area contributed by atoms with Crippen LogP contribution in [-0.4, -0.2) is 51.4 Å². The van der Waals surface area contributed by atoms with Crippen LogP contribution in [0.1, 0.15) is 52.7 Å². The third-order valence-electron chi connectivity index (χ3n) is 5.90. The van der Waals surface area contributed by atoms with Gasteiger partial charge in [0.05, 0.1) is 11.2 Å². The fraction of sp³-hybridized carbons (Fsp3) is 0.375. The van der Waals surface area contributed by atoms with Crippen LogP contribution in [0.4, 0.5) is 0 Å². The van der Waals surface area contributed by atoms with Crippen LogP contribution in [0.2, 0.25) is 0 Å². The van der Waals surface area contributed by atoms with E-state index in [9.17, 15) is 19.2 Å². The molecule has 2 aromatic rings. The molecule has 0 aliphatic carbocycles. The van der Waals surface area contributed by atoms with Crippen molar-refractivity contribution in [1.82, 2.24) is 21.2 Å². The SMILES string of the molecule is CC(C)(C)ON[C@@H](Cc1ccccc1)C(=O)C(=O)C1=CNC=CN1C(=O)C(=O)[C@H](Cc1ccccc1)NOC(C)(C)C. The molecule has 0 unspecified atom stereocenters. The van der Waals surface area contributed by atoms with Crippen LogP contribution in [0, 0.1) is 0 Å². The van der Waals surface area contributed by atoms with Gasteiger partial charge in [-0.25, -0.2) is 0 Å². The second kappa shape index (κ2) is 14.3. The average molecular weight is 577 g/mol. The van der Waals surface area contributed by atoms with E-state index < -0.39 is 46.5 Å². The van der Waals surface area contributed by atoms with Crippen molar-refractivity contribution < 1.29 is 28.9 Å². The summed E-state index contributed by atoms with van der Waals surface area (Å²) in [6, 6.07) is 16.3. The Morgan fingerprint density at radius 2 is 1.19 bits per heavy atom. The molecular formula is C32H40N4O6. The molecule has 0 aromatic heterocycles. The number of hydrogen-bond donors (Lipinski definition) is 3. The second-order valence-electron chi connectivity index (χ2n) is 11.9. The van der Waals surface area contributed by atoms with Gasteiger partial charge in [0.25, 0.3) is 5.91 Å². The first-order valence-electron chi connectivity index (χ1n) is 13.8. The molecule has 0 radical (unpaired) electrons. The van der Waals surface area contributed by atoms with Crippen molar-refractivity contribution in [3.8, 4) is 0 Å². The Bertz CT molecular complexity index is 1310. The monoisotopic (exact) mass is 576 g/mol. The number of Topliss-reactive ketones (excluding diaryl/α,β-unsaturated/α-hetero) is 3. The van der Waals surface area contributed by atoms with E-state index in [-0.39, 0.29) is 18.5 Å². The highest BCUT2D eigenvalue weighted by molar-refractivity contribution is 6.47. The Labute approximate surface area is 247 Å². The van der Waals surface area contributed by atoms with Crippen molar-refractivity contribution in [3.05, 3.63) is 96.1 Å². The summed E-state index contributed by atoms with van der Waals surface area (Å²) in [4.78, 5) is 66.4. The summed E-state index contributed by atoms with van der Waals surface area (Å²) in [5, 5.41) is 2.74. The third kappa shape index (κ3) is 9.85. The molecule has 1 aliphatic rings. The Morgan fingerprint density at radius 3 is 1.64 bits per heavy atom. The molecule has 1 aliphatic heterocycles. The molecule has 10 nitrogen and oxygen atoms in total. The Morgan fingerprint density at radius 1 is 0.738 bits per heavy atom. The van der Waals surface area contributed by atoms with E-state index in [1.807, 2.05) is 60.7 Å². The first-order chi connectivity index (χ1) is 19.7. The van der Waals surface area contributed by atoms with Crippen molar-refractivity contribution in [3.63, 3.8) is 0 Å². The fourth-order valence-corrected chi connectivity index (χ4v) is 3.87. The van der Waals surface area contributed by atoms with Gasteiger partial charge in [-0.3, -0.25) is 33.8 Å². The Hall–Kier alpha value is -3.96. The lowest BCUT2D eigenvalue weighted by Gasteiger charge is -2.28. The van der Waals surface area contributed by atoms with Crippen LogP contribution in [0.25, 0.3) is 0 Å². The summed E-state index contributed by atoms with van der Waals surface area (Å²) in [6.07, 6.45) is 4.19. The molecular weight excluding hydrogens is 536 g/mol. The molecule has 2 aromatic carbocycles. The number of ketones is 3. The van der Waals surface area contributed by atoms with Gasteiger partial charge in [0.1, 0.15) is 17.8 Å². The number of nitrogens with zero attached hydrogens (tertiary/aromatic N) is 1. The van der Waals surface area contributed by atoms with Gasteiger partial charge in [-0.2, -0.15) is 11.0 Å². The maximum Gasteiger partial charge on any atom is 0.300 e. The molecule has 10 heteroatoms. The van der Waals surface area contributed by atoms with Crippen molar-refractivity contribution in [1.29, 1.82) is 0 Å². The maximum atomic E-state index is 13.6. The highest BCUT2D eigenvalue weighted by atomic mass is 16.7. The summed E-state index contributed by atoms with van der Waals surface area (Å²) in [6.45, 7) is 10.8. The summed E-state index contributed by atoms with van der Waals surface area (Å²) in [7, 11) is 0. The van der Waals surface area contributed by atoms with Crippen molar-refractivity contribution >= 4 is 23.3 Å². The van der Waals surface area contributed by atoms with Crippen LogP contribution in [0.15, 0.2) is 85.0 Å². The van der Waals surface area contributed by atoms with Crippen LogP contribution >= 0.6 is 0 Å². The average Bonchev–Trinajstić information content (AvgIpc) is 2.96. The number of carbonyl (C=O) groups excluding carboxylic acids is 4. The van der Waals surface area contributed by atoms with E-state index in [1.54, 1.807) is 41.5 Å². The zero-order chi connectivity index (χ0) is 30.9. The van der Waals surface area contributed by atoms with E-state index in [4.69, 9.17) is 9.68 Å². The molecule has 0 saturated heterocycles. The zero-order valence-corrected chi connectivity index (χ0v) is 25.0. The fourth-order valence-electron chi connectivity index (χ4n) is 3.87. The van der Waals surface area contributed by atoms with Gasteiger partial charge < -0.3 is 5.32 Å². The van der Waals surface area contributed by atoms with Gasteiger partial charge >= 0.3 is 0 Å². The number of carbonyl (C=O) groups is 4. The van der Waals surface area contributed by atoms with Crippen molar-refractivity contribution in [2.24, 2.45) is 0 Å². The standard InChI is InChI=1S/C32H40N4O6/c1-31(2,3)41-34-24(19-22-13-9-7-10-14-22)27(37)29(39)26-21-33-17-18-36(26)30(40)28(38)25(35-42-32(4,5)6)20-23-15-11-8-12-16-23/h7-18,21,24-25,33-35H,19-20H2,1-6H3/t24-,25-/m0/s1. The number of hydroxylamine groups is 2. The summed E-state index contributed by atoms with van der Waals surface area (Å²) >= 11 is 0. The molecule has 2 atom stereocenters. The van der Waals surface area contributed by atoms with E-state index in [0.717, 1.165) is 16.0 Å². The van der Waals surface area contributed by atoms with Crippen molar-refractivity contribution in [2.75, 3.05) is 0 Å². The molecule has 0 fully saturated rings. The van der Waals surface area contributed by atoms with Crippen LogP contribution in [0.3, 0.4) is 0 Å². The number of hydrogen-bond acceptors (Lipinski definition) is 9. The normalized spacial score (nSPS) is 14.9. The third-order valence-corrected chi connectivity index (χ3v) is 5.90. The zero-order valence-electron chi connectivity index (χ0n) is 25.0. The smallest absolute Gasteiger partial charge is 0.300 e. The van der Waals surface area contributed by atoms with E-state index in [2.05, 4.69) is 16.3 Å². The van der Waals surface area contributed by atoms with Gasteiger partial charge in [-0.05, 0) is 65.5 Å². The molecule has 0 saturated carbocycles. The number of benzene rings is 2. The minimum Gasteiger partial charge on any atom is -0.364 e. The first kappa shape index (κ1) is 32.6. The molecule has 3 N–H and O–H groups in total. The molecule has 1 heterocycles. The van der Waals surface area contributed by atoms with E-state index >= 15 is 0 Å². The highest BCUT2D eigenvalue weighted by Gasteiger charge is 2.38. The lowest BCUT2D eigenvalue weighted by atomic mass is 9.98. The Balaban J connectivity index is 1.83. The number of rotatable bonds is 13. The minimum atomic E-state index is -1.05. The van der Waals surface area contributed by atoms with Gasteiger partial charge in [0.2, 0.25) is 17.3 Å². The molecule has 0 bridgehead atoms. The lowest BCUT2D eigenvalue weighted by molar-refractivity contribution is -0.150. The predicted molar refractivity (Wildman–Crippen MR) is 158 cm³/mol. The minimum absolute atomic E-state index is 0.163. The number of nitrogens with one attached hydrogen (secondary N) is 3. The quantitative estimate of drug-likeness (QED) is 0.243. The molecule has 3 rings (SSSR count). The van der Waals surface area contributed by atoms with Crippen LogP contribution < -0.4 is 16.3 Å². The molecule has 0 spiro atoms. The maximum absolute atomic E-state index is 13.6. The van der Waals surface area contributed by atoms with Crippen LogP contribution in [-0.2, 0) is 41.7 Å². The van der Waals surface area contributed by atoms with Crippen molar-refractivity contribution in [2.45, 2.75) is 77.7 Å².